The van der Waals surface area contributed by atoms with E-state index in [9.17, 15) is 19.5 Å². The maximum absolute atomic E-state index is 12.3. The van der Waals surface area contributed by atoms with Gasteiger partial charge in [-0.3, -0.25) is 14.5 Å². The first-order valence-corrected chi connectivity index (χ1v) is 6.65. The molecule has 2 fully saturated rings. The highest BCUT2D eigenvalue weighted by Gasteiger charge is 2.49. The summed E-state index contributed by atoms with van der Waals surface area (Å²) in [6.45, 7) is 0. The van der Waals surface area contributed by atoms with E-state index < -0.39 is 12.0 Å². The fourth-order valence-electron chi connectivity index (χ4n) is 3.13. The Morgan fingerprint density at radius 3 is 2.55 bits per heavy atom. The zero-order chi connectivity index (χ0) is 14.3. The first kappa shape index (κ1) is 12.8. The summed E-state index contributed by atoms with van der Waals surface area (Å²) in [4.78, 5) is 43.6. The third-order valence-corrected chi connectivity index (χ3v) is 4.17. The molecule has 20 heavy (non-hydrogen) atoms. The number of aromatic nitrogens is 2. The zero-order valence-electron chi connectivity index (χ0n) is 10.8. The van der Waals surface area contributed by atoms with Gasteiger partial charge in [-0.15, -0.1) is 0 Å². The highest BCUT2D eigenvalue weighted by atomic mass is 16.4. The second-order valence-corrected chi connectivity index (χ2v) is 5.39. The predicted octanol–water partition coefficient (Wildman–Crippen LogP) is 0.190. The largest absolute Gasteiger partial charge is 0.480 e. The molecule has 1 aliphatic carbocycles. The fourth-order valence-corrected chi connectivity index (χ4v) is 3.13. The summed E-state index contributed by atoms with van der Waals surface area (Å²) >= 11 is 0. The summed E-state index contributed by atoms with van der Waals surface area (Å²) in [5.74, 6) is -2.23. The van der Waals surface area contributed by atoms with Crippen molar-refractivity contribution in [2.24, 2.45) is 11.8 Å². The molecular weight excluding hydrogens is 262 g/mol. The number of aromatic amines is 1. The number of hydrogen-bond donors (Lipinski definition) is 2. The van der Waals surface area contributed by atoms with Crippen molar-refractivity contribution < 1.29 is 19.5 Å². The molecule has 7 nitrogen and oxygen atoms in total. The van der Waals surface area contributed by atoms with Gasteiger partial charge in [0.05, 0.1) is 6.33 Å². The van der Waals surface area contributed by atoms with Crippen LogP contribution in [-0.2, 0) is 20.8 Å². The summed E-state index contributed by atoms with van der Waals surface area (Å²) in [5, 5.41) is 9.37. The normalized spacial score (nSPS) is 26.9. The molecule has 2 bridgehead atoms. The number of nitrogens with zero attached hydrogens (tertiary/aromatic N) is 2. The van der Waals surface area contributed by atoms with E-state index in [2.05, 4.69) is 9.97 Å². The summed E-state index contributed by atoms with van der Waals surface area (Å²) in [5.41, 5.74) is 0.593. The second kappa shape index (κ2) is 4.73. The molecule has 0 spiro atoms. The van der Waals surface area contributed by atoms with Gasteiger partial charge < -0.3 is 10.1 Å². The van der Waals surface area contributed by atoms with Gasteiger partial charge in [-0.1, -0.05) is 0 Å². The molecule has 1 aromatic heterocycles. The van der Waals surface area contributed by atoms with E-state index in [0.717, 1.165) is 4.90 Å². The number of nitrogens with one attached hydrogen (secondary N) is 1. The lowest BCUT2D eigenvalue weighted by Crippen LogP contribution is -2.55. The van der Waals surface area contributed by atoms with Crippen LogP contribution in [0, 0.1) is 11.8 Å². The van der Waals surface area contributed by atoms with Crippen molar-refractivity contribution in [1.82, 2.24) is 14.9 Å². The fraction of sp³-hybridized carbons (Fsp3) is 0.538. The van der Waals surface area contributed by atoms with Crippen LogP contribution in [0.2, 0.25) is 0 Å². The smallest absolute Gasteiger partial charge is 0.327 e. The quantitative estimate of drug-likeness (QED) is 0.765. The van der Waals surface area contributed by atoms with Gasteiger partial charge in [0.1, 0.15) is 6.04 Å². The van der Waals surface area contributed by atoms with Crippen molar-refractivity contribution in [3.8, 4) is 0 Å². The van der Waals surface area contributed by atoms with Crippen LogP contribution in [0.15, 0.2) is 12.5 Å². The van der Waals surface area contributed by atoms with Crippen LogP contribution in [0.5, 0.6) is 0 Å². The van der Waals surface area contributed by atoms with E-state index in [0.29, 0.717) is 25.0 Å². The Kier molecular flexibility index (Phi) is 3.04. The number of amides is 2. The number of H-pyrrole nitrogens is 1. The first-order chi connectivity index (χ1) is 9.58. The number of rotatable bonds is 4. The summed E-state index contributed by atoms with van der Waals surface area (Å²) < 4.78 is 0. The SMILES string of the molecule is O=C(O)C(Cc1cnc[nH]1)N1C(=O)C2CCC(C2)C1=O. The van der Waals surface area contributed by atoms with Crippen LogP contribution in [0.1, 0.15) is 25.0 Å². The zero-order valence-corrected chi connectivity index (χ0v) is 10.8. The molecule has 3 atom stereocenters. The van der Waals surface area contributed by atoms with Gasteiger partial charge in [0, 0.05) is 30.1 Å². The standard InChI is InChI=1S/C13H15N3O4/c17-11-7-1-2-8(3-7)12(18)16(11)10(13(19)20)4-9-5-14-6-15-9/h5-8,10H,1-4H2,(H,14,15)(H,19,20). The Balaban J connectivity index is 1.88. The molecule has 1 saturated carbocycles. The van der Waals surface area contributed by atoms with E-state index in [1.54, 1.807) is 0 Å². The van der Waals surface area contributed by atoms with Gasteiger partial charge in [0.15, 0.2) is 0 Å². The Hall–Kier alpha value is -2.18. The van der Waals surface area contributed by atoms with Crippen LogP contribution < -0.4 is 0 Å². The average molecular weight is 277 g/mol. The summed E-state index contributed by atoms with van der Waals surface area (Å²) in [6, 6.07) is -1.15. The minimum Gasteiger partial charge on any atom is -0.480 e. The highest BCUT2D eigenvalue weighted by molar-refractivity contribution is 6.03. The van der Waals surface area contributed by atoms with Crippen molar-refractivity contribution in [1.29, 1.82) is 0 Å². The molecule has 7 heteroatoms. The third kappa shape index (κ3) is 1.99. The van der Waals surface area contributed by atoms with Crippen LogP contribution in [0.3, 0.4) is 0 Å². The van der Waals surface area contributed by atoms with E-state index in [4.69, 9.17) is 0 Å². The molecule has 1 saturated heterocycles. The van der Waals surface area contributed by atoms with Crippen LogP contribution in [0.25, 0.3) is 0 Å². The van der Waals surface area contributed by atoms with Crippen LogP contribution in [0.4, 0.5) is 0 Å². The molecular formula is C13H15N3O4. The summed E-state index contributed by atoms with van der Waals surface area (Å²) in [7, 11) is 0. The lowest BCUT2D eigenvalue weighted by atomic mass is 9.94. The lowest BCUT2D eigenvalue weighted by Gasteiger charge is -2.33. The van der Waals surface area contributed by atoms with E-state index >= 15 is 0 Å². The molecule has 0 aromatic carbocycles. The van der Waals surface area contributed by atoms with Crippen molar-refractivity contribution >= 4 is 17.8 Å². The molecule has 0 radical (unpaired) electrons. The Morgan fingerprint density at radius 1 is 1.40 bits per heavy atom. The van der Waals surface area contributed by atoms with Gasteiger partial charge in [-0.05, 0) is 19.3 Å². The molecule has 3 rings (SSSR count). The maximum Gasteiger partial charge on any atom is 0.327 e. The number of hydrogen-bond acceptors (Lipinski definition) is 4. The number of fused-ring (bicyclic) bond motifs is 2. The van der Waals surface area contributed by atoms with Crippen molar-refractivity contribution in [2.75, 3.05) is 0 Å². The van der Waals surface area contributed by atoms with E-state index in [-0.39, 0.29) is 30.1 Å². The molecule has 2 aliphatic rings. The number of likely N-dealkylation sites (tertiary alicyclic amines) is 1. The van der Waals surface area contributed by atoms with Crippen LogP contribution in [-0.4, -0.2) is 43.8 Å². The number of aliphatic carboxylic acids is 1. The van der Waals surface area contributed by atoms with Crippen molar-refractivity contribution in [2.45, 2.75) is 31.7 Å². The van der Waals surface area contributed by atoms with Crippen LogP contribution >= 0.6 is 0 Å². The number of carbonyl (C=O) groups is 3. The minimum absolute atomic E-state index is 0.0618. The number of imide groups is 1. The Labute approximate surface area is 115 Å². The number of carboxylic acid groups (broad SMARTS) is 1. The number of carboxylic acids is 1. The second-order valence-electron chi connectivity index (χ2n) is 5.39. The van der Waals surface area contributed by atoms with Crippen molar-refractivity contribution in [3.05, 3.63) is 18.2 Å². The third-order valence-electron chi connectivity index (χ3n) is 4.17. The maximum atomic E-state index is 12.3. The number of carbonyl (C=O) groups excluding carboxylic acids is 2. The van der Waals surface area contributed by atoms with Gasteiger partial charge >= 0.3 is 5.97 Å². The molecule has 2 amide bonds. The Bertz CT molecular complexity index is 532. The number of piperidine rings is 1. The van der Waals surface area contributed by atoms with Gasteiger partial charge in [0.2, 0.25) is 11.8 Å². The van der Waals surface area contributed by atoms with Gasteiger partial charge in [0.25, 0.3) is 0 Å². The monoisotopic (exact) mass is 277 g/mol. The molecule has 1 aromatic rings. The lowest BCUT2D eigenvalue weighted by molar-refractivity contribution is -0.163. The molecule has 3 unspecified atom stereocenters. The average Bonchev–Trinajstić information content (AvgIpc) is 3.06. The van der Waals surface area contributed by atoms with E-state index in [1.807, 2.05) is 0 Å². The first-order valence-electron chi connectivity index (χ1n) is 6.65. The molecule has 106 valence electrons. The van der Waals surface area contributed by atoms with Crippen molar-refractivity contribution in [3.63, 3.8) is 0 Å². The minimum atomic E-state index is -1.16. The Morgan fingerprint density at radius 2 is 2.05 bits per heavy atom. The molecule has 1 aliphatic heterocycles. The summed E-state index contributed by atoms with van der Waals surface area (Å²) in [6.07, 6.45) is 4.95. The van der Waals surface area contributed by atoms with Gasteiger partial charge in [-0.2, -0.15) is 0 Å². The molecule has 2 N–H and O–H groups in total. The van der Waals surface area contributed by atoms with Gasteiger partial charge in [-0.25, -0.2) is 9.78 Å². The highest BCUT2D eigenvalue weighted by Crippen LogP contribution is 2.39. The van der Waals surface area contributed by atoms with E-state index in [1.165, 1.54) is 12.5 Å². The molecule has 2 heterocycles. The number of imidazole rings is 1. The topological polar surface area (TPSA) is 103 Å². The predicted molar refractivity (Wildman–Crippen MR) is 66.4 cm³/mol.